The molecule has 0 radical (unpaired) electrons. The molecule has 2 aromatic heterocycles. The van der Waals surface area contributed by atoms with Crippen LogP contribution in [0.15, 0.2) is 40.9 Å². The molecule has 6 nitrogen and oxygen atoms in total. The number of ether oxygens (including phenoxy) is 1. The molecule has 1 aromatic carbocycles. The number of carbonyl (C=O) groups excluding carboxylic acids is 1. The van der Waals surface area contributed by atoms with Gasteiger partial charge in [-0.15, -0.1) is 0 Å². The van der Waals surface area contributed by atoms with Crippen molar-refractivity contribution in [3.63, 3.8) is 0 Å². The Labute approximate surface area is 150 Å². The third kappa shape index (κ3) is 3.85. The summed E-state index contributed by atoms with van der Waals surface area (Å²) in [6, 6.07) is 8.76. The predicted molar refractivity (Wildman–Crippen MR) is 95.1 cm³/mol. The summed E-state index contributed by atoms with van der Waals surface area (Å²) in [5, 5.41) is 7.55. The summed E-state index contributed by atoms with van der Waals surface area (Å²) in [4.78, 5) is 12.2. The zero-order chi connectivity index (χ0) is 18.0. The number of furan rings is 1. The van der Waals surface area contributed by atoms with Crippen molar-refractivity contribution in [1.82, 2.24) is 9.78 Å². The summed E-state index contributed by atoms with van der Waals surface area (Å²) in [6.07, 6.45) is 1.60. The fraction of sp³-hybridized carbons (Fsp3) is 0.222. The Kier molecular flexibility index (Phi) is 4.81. The lowest BCUT2D eigenvalue weighted by Gasteiger charge is -2.06. The summed E-state index contributed by atoms with van der Waals surface area (Å²) in [5.41, 5.74) is 2.45. The molecule has 7 heteroatoms. The number of rotatable bonds is 5. The maximum absolute atomic E-state index is 12.2. The molecule has 3 rings (SSSR count). The third-order valence-corrected chi connectivity index (χ3v) is 4.30. The number of amides is 1. The van der Waals surface area contributed by atoms with Gasteiger partial charge < -0.3 is 14.5 Å². The maximum atomic E-state index is 12.2. The number of benzene rings is 1. The molecule has 3 aromatic rings. The van der Waals surface area contributed by atoms with Crippen LogP contribution < -0.4 is 10.1 Å². The highest BCUT2D eigenvalue weighted by Crippen LogP contribution is 2.22. The molecule has 0 atom stereocenters. The lowest BCUT2D eigenvalue weighted by molar-refractivity contribution is 0.0992. The molecule has 0 aliphatic rings. The molecule has 25 heavy (non-hydrogen) atoms. The zero-order valence-corrected chi connectivity index (χ0v) is 14.9. The monoisotopic (exact) mass is 359 g/mol. The standard InChI is InChI=1S/C18H18ClN3O3/c1-11-8-13(4-6-15(11)19)24-10-14-5-7-17(25-14)18(23)21-16-9-20-22(3)12(16)2/h4-9H,10H2,1-3H3,(H,21,23). The van der Waals surface area contributed by atoms with Crippen LogP contribution in [0.1, 0.15) is 27.6 Å². The van der Waals surface area contributed by atoms with Gasteiger partial charge in [0.15, 0.2) is 5.76 Å². The second-order valence-electron chi connectivity index (χ2n) is 5.69. The van der Waals surface area contributed by atoms with E-state index in [1.54, 1.807) is 35.1 Å². The quantitative estimate of drug-likeness (QED) is 0.744. The summed E-state index contributed by atoms with van der Waals surface area (Å²) in [5.74, 6) is 1.13. The van der Waals surface area contributed by atoms with Crippen LogP contribution in [-0.4, -0.2) is 15.7 Å². The van der Waals surface area contributed by atoms with Crippen LogP contribution in [-0.2, 0) is 13.7 Å². The van der Waals surface area contributed by atoms with E-state index in [0.29, 0.717) is 22.2 Å². The van der Waals surface area contributed by atoms with E-state index in [9.17, 15) is 4.79 Å². The minimum Gasteiger partial charge on any atom is -0.486 e. The van der Waals surface area contributed by atoms with Crippen molar-refractivity contribution >= 4 is 23.2 Å². The third-order valence-electron chi connectivity index (χ3n) is 3.88. The van der Waals surface area contributed by atoms with Crippen molar-refractivity contribution in [2.75, 3.05) is 5.32 Å². The van der Waals surface area contributed by atoms with Gasteiger partial charge in [-0.1, -0.05) is 11.6 Å². The number of anilines is 1. The van der Waals surface area contributed by atoms with E-state index in [4.69, 9.17) is 20.8 Å². The van der Waals surface area contributed by atoms with Crippen molar-refractivity contribution in [3.8, 4) is 5.75 Å². The van der Waals surface area contributed by atoms with Gasteiger partial charge in [0.05, 0.1) is 17.6 Å². The average Bonchev–Trinajstić information content (AvgIpc) is 3.18. The number of halogens is 1. The molecule has 0 bridgehead atoms. The number of hydrogen-bond donors (Lipinski definition) is 1. The molecule has 0 unspecified atom stereocenters. The van der Waals surface area contributed by atoms with Crippen LogP contribution in [0.25, 0.3) is 0 Å². The molecule has 0 aliphatic heterocycles. The van der Waals surface area contributed by atoms with E-state index in [2.05, 4.69) is 10.4 Å². The molecular weight excluding hydrogens is 342 g/mol. The molecular formula is C18H18ClN3O3. The number of nitrogens with zero attached hydrogens (tertiary/aromatic N) is 2. The first-order valence-electron chi connectivity index (χ1n) is 7.71. The Morgan fingerprint density at radius 3 is 2.80 bits per heavy atom. The number of carbonyl (C=O) groups is 1. The Morgan fingerprint density at radius 1 is 1.32 bits per heavy atom. The van der Waals surface area contributed by atoms with Crippen molar-refractivity contribution < 1.29 is 13.9 Å². The first-order chi connectivity index (χ1) is 11.9. The summed E-state index contributed by atoms with van der Waals surface area (Å²) >= 11 is 5.99. The van der Waals surface area contributed by atoms with Gasteiger partial charge in [-0.25, -0.2) is 0 Å². The SMILES string of the molecule is Cc1cc(OCc2ccc(C(=O)Nc3cnn(C)c3C)o2)ccc1Cl. The average molecular weight is 360 g/mol. The molecule has 0 saturated carbocycles. The molecule has 0 aliphatic carbocycles. The molecule has 1 amide bonds. The van der Waals surface area contributed by atoms with Crippen LogP contribution in [0.4, 0.5) is 5.69 Å². The summed E-state index contributed by atoms with van der Waals surface area (Å²) in [7, 11) is 1.81. The molecule has 130 valence electrons. The normalized spacial score (nSPS) is 10.7. The summed E-state index contributed by atoms with van der Waals surface area (Å²) in [6.45, 7) is 4.00. The van der Waals surface area contributed by atoms with Crippen molar-refractivity contribution in [2.45, 2.75) is 20.5 Å². The van der Waals surface area contributed by atoms with E-state index in [1.807, 2.05) is 27.0 Å². The zero-order valence-electron chi connectivity index (χ0n) is 14.2. The highest BCUT2D eigenvalue weighted by atomic mass is 35.5. The van der Waals surface area contributed by atoms with E-state index in [1.165, 1.54) is 0 Å². The highest BCUT2D eigenvalue weighted by Gasteiger charge is 2.14. The molecule has 0 spiro atoms. The van der Waals surface area contributed by atoms with Gasteiger partial charge >= 0.3 is 0 Å². The number of nitrogens with one attached hydrogen (secondary N) is 1. The molecule has 2 heterocycles. The maximum Gasteiger partial charge on any atom is 0.291 e. The number of hydrogen-bond acceptors (Lipinski definition) is 4. The van der Waals surface area contributed by atoms with Crippen LogP contribution in [0.2, 0.25) is 5.02 Å². The Balaban J connectivity index is 1.62. The Morgan fingerprint density at radius 2 is 2.12 bits per heavy atom. The Hall–Kier alpha value is -2.73. The first kappa shape index (κ1) is 17.1. The van der Waals surface area contributed by atoms with E-state index < -0.39 is 0 Å². The van der Waals surface area contributed by atoms with Crippen molar-refractivity contribution in [3.05, 3.63) is 64.3 Å². The van der Waals surface area contributed by atoms with Crippen LogP contribution in [0, 0.1) is 13.8 Å². The molecule has 0 fully saturated rings. The van der Waals surface area contributed by atoms with Gasteiger partial charge in [0.1, 0.15) is 18.1 Å². The smallest absolute Gasteiger partial charge is 0.291 e. The lowest BCUT2D eigenvalue weighted by atomic mass is 10.2. The number of aryl methyl sites for hydroxylation is 2. The highest BCUT2D eigenvalue weighted by molar-refractivity contribution is 6.31. The van der Waals surface area contributed by atoms with Crippen LogP contribution in [0.5, 0.6) is 5.75 Å². The van der Waals surface area contributed by atoms with Gasteiger partial charge in [-0.05, 0) is 49.7 Å². The van der Waals surface area contributed by atoms with E-state index in [0.717, 1.165) is 11.3 Å². The Bertz CT molecular complexity index is 914. The first-order valence-corrected chi connectivity index (χ1v) is 8.09. The minimum atomic E-state index is -0.329. The van der Waals surface area contributed by atoms with Gasteiger partial charge in [0, 0.05) is 12.1 Å². The number of aromatic nitrogens is 2. The fourth-order valence-electron chi connectivity index (χ4n) is 2.24. The van der Waals surface area contributed by atoms with E-state index in [-0.39, 0.29) is 18.3 Å². The lowest BCUT2D eigenvalue weighted by Crippen LogP contribution is -2.11. The van der Waals surface area contributed by atoms with Crippen molar-refractivity contribution in [2.24, 2.45) is 7.05 Å². The molecule has 0 saturated heterocycles. The fourth-order valence-corrected chi connectivity index (χ4v) is 2.36. The van der Waals surface area contributed by atoms with Gasteiger partial charge in [0.2, 0.25) is 0 Å². The minimum absolute atomic E-state index is 0.217. The molecule has 1 N–H and O–H groups in total. The van der Waals surface area contributed by atoms with Gasteiger partial charge in [-0.3, -0.25) is 9.48 Å². The van der Waals surface area contributed by atoms with Crippen LogP contribution >= 0.6 is 11.6 Å². The second kappa shape index (κ2) is 7.03. The van der Waals surface area contributed by atoms with Gasteiger partial charge in [0.25, 0.3) is 5.91 Å². The largest absolute Gasteiger partial charge is 0.486 e. The second-order valence-corrected chi connectivity index (χ2v) is 6.09. The predicted octanol–water partition coefficient (Wildman–Crippen LogP) is 4.11. The van der Waals surface area contributed by atoms with Crippen LogP contribution in [0.3, 0.4) is 0 Å². The summed E-state index contributed by atoms with van der Waals surface area (Å²) < 4.78 is 12.9. The topological polar surface area (TPSA) is 69.3 Å². The van der Waals surface area contributed by atoms with E-state index >= 15 is 0 Å². The van der Waals surface area contributed by atoms with Crippen molar-refractivity contribution in [1.29, 1.82) is 0 Å². The van der Waals surface area contributed by atoms with Gasteiger partial charge in [-0.2, -0.15) is 5.10 Å².